The number of halogens is 1. The SMILES string of the molecule is C#Cc1c(Cl)ccc(N)c1N.c1cc2cc-2c1. The van der Waals surface area contributed by atoms with Gasteiger partial charge >= 0.3 is 0 Å². The van der Waals surface area contributed by atoms with Gasteiger partial charge in [-0.25, -0.2) is 0 Å². The van der Waals surface area contributed by atoms with Crippen LogP contribution >= 0.6 is 11.6 Å². The van der Waals surface area contributed by atoms with Crippen LogP contribution in [0.5, 0.6) is 0 Å². The summed E-state index contributed by atoms with van der Waals surface area (Å²) in [5.41, 5.74) is 15.2. The average Bonchev–Trinajstić information content (AvgIpc) is 2.93. The smallest absolute Gasteiger partial charge is 0.0722 e. The third-order valence-corrected chi connectivity index (χ3v) is 2.80. The largest absolute Gasteiger partial charge is 0.397 e. The first-order valence-electron chi connectivity index (χ1n) is 5.04. The molecule has 1 aromatic carbocycles. The molecule has 0 fully saturated rings. The van der Waals surface area contributed by atoms with Crippen LogP contribution in [0.2, 0.25) is 5.02 Å². The molecule has 0 heterocycles. The van der Waals surface area contributed by atoms with Crippen molar-refractivity contribution < 1.29 is 0 Å². The second-order valence-corrected chi connectivity index (χ2v) is 4.06. The second-order valence-electron chi connectivity index (χ2n) is 3.65. The molecule has 2 aliphatic rings. The Hall–Kier alpha value is -2.11. The maximum Gasteiger partial charge on any atom is 0.0722 e. The van der Waals surface area contributed by atoms with Crippen molar-refractivity contribution in [1.29, 1.82) is 0 Å². The van der Waals surface area contributed by atoms with E-state index in [4.69, 9.17) is 29.5 Å². The fourth-order valence-electron chi connectivity index (χ4n) is 1.43. The van der Waals surface area contributed by atoms with Crippen LogP contribution in [0.3, 0.4) is 0 Å². The van der Waals surface area contributed by atoms with E-state index < -0.39 is 0 Å². The summed E-state index contributed by atoms with van der Waals surface area (Å²) >= 11 is 5.72. The standard InChI is InChI=1S/C8H7ClN2.C6H4/c1-2-5-6(9)3-4-7(10)8(5)11;1-2-5-4-6(5)3-1/h1,3-4H,10-11H2;1-4H. The first kappa shape index (κ1) is 11.4. The predicted molar refractivity (Wildman–Crippen MR) is 73.6 cm³/mol. The van der Waals surface area contributed by atoms with Crippen LogP contribution in [0, 0.1) is 12.3 Å². The Morgan fingerprint density at radius 2 is 1.71 bits per heavy atom. The van der Waals surface area contributed by atoms with Crippen molar-refractivity contribution in [1.82, 2.24) is 0 Å². The van der Waals surface area contributed by atoms with E-state index in [-0.39, 0.29) is 0 Å². The highest BCUT2D eigenvalue weighted by Gasteiger charge is 2.07. The van der Waals surface area contributed by atoms with Gasteiger partial charge in [0.05, 0.1) is 22.0 Å². The van der Waals surface area contributed by atoms with Crippen molar-refractivity contribution >= 4 is 23.0 Å². The molecule has 0 bridgehead atoms. The zero-order chi connectivity index (χ0) is 12.4. The Kier molecular flexibility index (Phi) is 2.95. The zero-order valence-corrected chi connectivity index (χ0v) is 9.83. The van der Waals surface area contributed by atoms with E-state index in [0.717, 1.165) is 0 Å². The molecule has 0 saturated heterocycles. The minimum Gasteiger partial charge on any atom is -0.397 e. The fourth-order valence-corrected chi connectivity index (χ4v) is 1.65. The molecule has 2 nitrogen and oxygen atoms in total. The summed E-state index contributed by atoms with van der Waals surface area (Å²) < 4.78 is 0. The number of hydrogen-bond donors (Lipinski definition) is 2. The highest BCUT2D eigenvalue weighted by Crippen LogP contribution is 2.32. The first-order chi connectivity index (χ1) is 8.13. The van der Waals surface area contributed by atoms with E-state index in [1.165, 1.54) is 11.1 Å². The fraction of sp³-hybridized carbons (Fsp3) is 0. The maximum absolute atomic E-state index is 5.72. The van der Waals surface area contributed by atoms with Crippen molar-refractivity contribution in [3.63, 3.8) is 0 Å². The van der Waals surface area contributed by atoms with Gasteiger partial charge in [0.2, 0.25) is 0 Å². The van der Waals surface area contributed by atoms with Gasteiger partial charge in [-0.2, -0.15) is 0 Å². The Morgan fingerprint density at radius 3 is 2.06 bits per heavy atom. The number of nitrogen functional groups attached to an aromatic ring is 2. The lowest BCUT2D eigenvalue weighted by molar-refractivity contribution is 1.62. The summed E-state index contributed by atoms with van der Waals surface area (Å²) in [6.07, 6.45) is 5.15. The Morgan fingerprint density at radius 1 is 1.06 bits per heavy atom. The molecule has 0 saturated carbocycles. The topological polar surface area (TPSA) is 52.0 Å². The van der Waals surface area contributed by atoms with Crippen LogP contribution in [-0.2, 0) is 0 Å². The summed E-state index contributed by atoms with van der Waals surface area (Å²) in [5, 5.41) is 0.458. The lowest BCUT2D eigenvalue weighted by Gasteiger charge is -2.03. The molecule has 1 aromatic rings. The monoisotopic (exact) mass is 242 g/mol. The molecule has 0 atom stereocenters. The molecule has 4 N–H and O–H groups in total. The molecular weight excluding hydrogens is 232 g/mol. The summed E-state index contributed by atoms with van der Waals surface area (Å²) in [4.78, 5) is 0. The normalized spacial score (nSPS) is 9.88. The zero-order valence-electron chi connectivity index (χ0n) is 9.07. The van der Waals surface area contributed by atoms with Gasteiger partial charge in [-0.1, -0.05) is 35.7 Å². The highest BCUT2D eigenvalue weighted by atomic mass is 35.5. The molecular formula is C14H11ClN2. The van der Waals surface area contributed by atoms with Gasteiger partial charge in [-0.05, 0) is 29.3 Å². The number of terminal acetylenes is 1. The maximum atomic E-state index is 5.72. The third-order valence-electron chi connectivity index (χ3n) is 2.49. The van der Waals surface area contributed by atoms with Gasteiger partial charge in [0, 0.05) is 0 Å². The van der Waals surface area contributed by atoms with Crippen molar-refractivity contribution in [2.75, 3.05) is 11.5 Å². The van der Waals surface area contributed by atoms with Gasteiger partial charge in [0.1, 0.15) is 0 Å². The molecule has 3 rings (SSSR count). The molecule has 17 heavy (non-hydrogen) atoms. The summed E-state index contributed by atoms with van der Waals surface area (Å²) in [5.74, 6) is 2.37. The van der Waals surface area contributed by atoms with Crippen LogP contribution < -0.4 is 11.5 Å². The van der Waals surface area contributed by atoms with Crippen molar-refractivity contribution in [2.45, 2.75) is 0 Å². The molecule has 0 radical (unpaired) electrons. The van der Waals surface area contributed by atoms with Crippen LogP contribution in [0.25, 0.3) is 11.1 Å². The van der Waals surface area contributed by atoms with Gasteiger partial charge in [-0.15, -0.1) is 6.42 Å². The molecule has 2 aliphatic carbocycles. The molecule has 0 spiro atoms. The summed E-state index contributed by atoms with van der Waals surface area (Å²) in [6, 6.07) is 11.7. The summed E-state index contributed by atoms with van der Waals surface area (Å²) in [7, 11) is 0. The number of hydrogen-bond acceptors (Lipinski definition) is 2. The van der Waals surface area contributed by atoms with Crippen molar-refractivity contribution in [3.8, 4) is 23.5 Å². The third kappa shape index (κ3) is 2.35. The molecule has 84 valence electrons. The molecule has 3 heteroatoms. The van der Waals surface area contributed by atoms with E-state index in [9.17, 15) is 0 Å². The van der Waals surface area contributed by atoms with Crippen LogP contribution in [0.15, 0.2) is 36.4 Å². The molecule has 0 aromatic heterocycles. The molecule has 0 amide bonds. The number of nitrogens with two attached hydrogens (primary N) is 2. The number of rotatable bonds is 0. The van der Waals surface area contributed by atoms with E-state index in [2.05, 4.69) is 30.2 Å². The van der Waals surface area contributed by atoms with Gasteiger partial charge < -0.3 is 11.5 Å². The second kappa shape index (κ2) is 4.40. The first-order valence-corrected chi connectivity index (χ1v) is 5.42. The quantitative estimate of drug-likeness (QED) is 0.470. The highest BCUT2D eigenvalue weighted by molar-refractivity contribution is 6.32. The van der Waals surface area contributed by atoms with E-state index in [1.54, 1.807) is 12.1 Å². The Bertz CT molecular complexity index is 595. The summed E-state index contributed by atoms with van der Waals surface area (Å²) in [6.45, 7) is 0. The van der Waals surface area contributed by atoms with Crippen LogP contribution in [-0.4, -0.2) is 0 Å². The predicted octanol–water partition coefficient (Wildman–Crippen LogP) is 3.15. The van der Waals surface area contributed by atoms with Gasteiger partial charge in [0.15, 0.2) is 0 Å². The van der Waals surface area contributed by atoms with Crippen LogP contribution in [0.1, 0.15) is 5.56 Å². The number of fused-ring (bicyclic) bond motifs is 1. The van der Waals surface area contributed by atoms with Crippen molar-refractivity contribution in [3.05, 3.63) is 47.0 Å². The van der Waals surface area contributed by atoms with Crippen molar-refractivity contribution in [2.24, 2.45) is 0 Å². The Labute approximate surface area is 105 Å². The minimum atomic E-state index is 0.375. The van der Waals surface area contributed by atoms with Gasteiger partial charge in [0.25, 0.3) is 0 Å². The minimum absolute atomic E-state index is 0.375. The van der Waals surface area contributed by atoms with E-state index in [0.29, 0.717) is 22.0 Å². The van der Waals surface area contributed by atoms with Crippen LogP contribution in [0.4, 0.5) is 11.4 Å². The van der Waals surface area contributed by atoms with Gasteiger partial charge in [-0.3, -0.25) is 0 Å². The molecule has 0 unspecified atom stereocenters. The molecule has 0 aliphatic heterocycles. The average molecular weight is 243 g/mol. The lowest BCUT2D eigenvalue weighted by atomic mass is 10.1. The van der Waals surface area contributed by atoms with E-state index >= 15 is 0 Å². The lowest BCUT2D eigenvalue weighted by Crippen LogP contribution is -1.97. The van der Waals surface area contributed by atoms with E-state index in [1.807, 2.05) is 0 Å². The Balaban J connectivity index is 0.000000148. The number of benzene rings is 2. The number of anilines is 2.